The van der Waals surface area contributed by atoms with Gasteiger partial charge in [-0.1, -0.05) is 54.0 Å². The zero-order chi connectivity index (χ0) is 32.9. The number of anilines is 1. The van der Waals surface area contributed by atoms with Crippen LogP contribution < -0.4 is 9.64 Å². The molecule has 8 heteroatoms. The second-order valence-corrected chi connectivity index (χ2v) is 14.5. The van der Waals surface area contributed by atoms with E-state index in [1.165, 1.54) is 12.1 Å². The number of pyridine rings is 1. The fraction of sp³-hybridized carbons (Fsp3) is 0.514. The van der Waals surface area contributed by atoms with E-state index in [4.69, 9.17) is 19.2 Å². The molecule has 1 atom stereocenters. The Labute approximate surface area is 276 Å². The van der Waals surface area contributed by atoms with Crippen molar-refractivity contribution < 1.29 is 23.4 Å². The first-order valence-electron chi connectivity index (χ1n) is 15.9. The SMILES string of the molecule is Cc1nc(CBr)c(-c2ccc(OCCc3ccc(F)cc3)cc2)c(N2CCC(C)(C)CC2)c1[C@H](OC(C)(C)C)C(=O)OC(C)C. The van der Waals surface area contributed by atoms with Gasteiger partial charge in [0.05, 0.1) is 29.7 Å². The minimum absolute atomic E-state index is 0.238. The average Bonchev–Trinajstić information content (AvgIpc) is 2.96. The standard InChI is InChI=1S/C37H48BrFN2O4/c1-24(2)44-35(42)34(45-36(4,5)6)31-25(3)40-30(23-38)32(33(31)41-20-18-37(7,8)19-21-41)27-11-15-29(16-12-27)43-22-17-26-9-13-28(39)14-10-26/h9-16,24,34H,17-23H2,1-8H3/t34-/m0/s1. The summed E-state index contributed by atoms with van der Waals surface area (Å²) in [6.07, 6.45) is 1.51. The number of nitrogens with zero attached hydrogens (tertiary/aromatic N) is 2. The smallest absolute Gasteiger partial charge is 0.340 e. The summed E-state index contributed by atoms with van der Waals surface area (Å²) in [6.45, 7) is 18.3. The van der Waals surface area contributed by atoms with Crippen molar-refractivity contribution in [3.05, 3.63) is 76.9 Å². The number of benzene rings is 2. The molecule has 0 N–H and O–H groups in total. The monoisotopic (exact) mass is 682 g/mol. The summed E-state index contributed by atoms with van der Waals surface area (Å²) < 4.78 is 31.6. The van der Waals surface area contributed by atoms with Gasteiger partial charge in [-0.05, 0) is 95.2 Å². The van der Waals surface area contributed by atoms with Crippen molar-refractivity contribution in [3.8, 4) is 16.9 Å². The Morgan fingerprint density at radius 1 is 1.04 bits per heavy atom. The van der Waals surface area contributed by atoms with Crippen LogP contribution in [0.1, 0.15) is 89.9 Å². The molecular formula is C37H48BrFN2O4. The number of carbonyl (C=O) groups excluding carboxylic acids is 1. The molecule has 1 aliphatic heterocycles. The van der Waals surface area contributed by atoms with Crippen LogP contribution in [0, 0.1) is 18.2 Å². The van der Waals surface area contributed by atoms with Crippen molar-refractivity contribution in [2.45, 2.75) is 97.8 Å². The van der Waals surface area contributed by atoms with Crippen LogP contribution in [0.2, 0.25) is 0 Å². The Morgan fingerprint density at radius 2 is 1.67 bits per heavy atom. The zero-order valence-corrected chi connectivity index (χ0v) is 29.6. The minimum atomic E-state index is -0.943. The van der Waals surface area contributed by atoms with Gasteiger partial charge >= 0.3 is 5.97 Å². The summed E-state index contributed by atoms with van der Waals surface area (Å²) in [5, 5.41) is 0.549. The van der Waals surface area contributed by atoms with Crippen LogP contribution in [0.25, 0.3) is 11.1 Å². The van der Waals surface area contributed by atoms with Gasteiger partial charge < -0.3 is 19.1 Å². The van der Waals surface area contributed by atoms with Crippen LogP contribution in [0.3, 0.4) is 0 Å². The van der Waals surface area contributed by atoms with Gasteiger partial charge in [0.25, 0.3) is 0 Å². The maximum atomic E-state index is 13.8. The lowest BCUT2D eigenvalue weighted by Gasteiger charge is -2.41. The van der Waals surface area contributed by atoms with Crippen molar-refractivity contribution in [2.75, 3.05) is 24.6 Å². The van der Waals surface area contributed by atoms with Gasteiger partial charge in [0.1, 0.15) is 11.6 Å². The number of esters is 1. The molecule has 0 amide bonds. The Bertz CT molecular complexity index is 1440. The third-order valence-electron chi connectivity index (χ3n) is 8.05. The molecule has 244 valence electrons. The third-order valence-corrected chi connectivity index (χ3v) is 8.58. The van der Waals surface area contributed by atoms with Crippen molar-refractivity contribution >= 4 is 27.6 Å². The summed E-state index contributed by atoms with van der Waals surface area (Å²) in [7, 11) is 0. The Hall–Kier alpha value is -2.97. The van der Waals surface area contributed by atoms with E-state index in [9.17, 15) is 9.18 Å². The highest BCUT2D eigenvalue weighted by molar-refractivity contribution is 9.08. The van der Waals surface area contributed by atoms with Gasteiger partial charge in [-0.25, -0.2) is 9.18 Å². The molecule has 1 saturated heterocycles. The highest BCUT2D eigenvalue weighted by Crippen LogP contribution is 2.46. The Morgan fingerprint density at radius 3 is 2.22 bits per heavy atom. The predicted octanol–water partition coefficient (Wildman–Crippen LogP) is 9.15. The molecule has 2 aromatic carbocycles. The second kappa shape index (κ2) is 14.6. The summed E-state index contributed by atoms with van der Waals surface area (Å²) >= 11 is 3.71. The number of piperidine rings is 1. The van der Waals surface area contributed by atoms with Crippen LogP contribution in [-0.2, 0) is 26.0 Å². The van der Waals surface area contributed by atoms with E-state index in [-0.39, 0.29) is 17.3 Å². The summed E-state index contributed by atoms with van der Waals surface area (Å²) in [4.78, 5) is 21.2. The number of hydrogen-bond acceptors (Lipinski definition) is 6. The molecule has 1 aromatic heterocycles. The predicted molar refractivity (Wildman–Crippen MR) is 183 cm³/mol. The lowest BCUT2D eigenvalue weighted by Crippen LogP contribution is -2.39. The van der Waals surface area contributed by atoms with E-state index in [1.54, 1.807) is 12.1 Å². The van der Waals surface area contributed by atoms with E-state index in [0.717, 1.165) is 71.0 Å². The second-order valence-electron chi connectivity index (χ2n) is 13.9. The summed E-state index contributed by atoms with van der Waals surface area (Å²) in [5.41, 5.74) is 6.00. The molecule has 0 radical (unpaired) electrons. The first kappa shape index (κ1) is 34.9. The number of rotatable bonds is 11. The zero-order valence-electron chi connectivity index (χ0n) is 28.0. The van der Waals surface area contributed by atoms with Crippen LogP contribution >= 0.6 is 15.9 Å². The lowest BCUT2D eigenvalue weighted by atomic mass is 9.81. The van der Waals surface area contributed by atoms with E-state index < -0.39 is 17.7 Å². The molecular weight excluding hydrogens is 635 g/mol. The van der Waals surface area contributed by atoms with Gasteiger partial charge in [0, 0.05) is 41.7 Å². The molecule has 0 bridgehead atoms. The molecule has 1 aliphatic rings. The Kier molecular flexibility index (Phi) is 11.3. The molecule has 0 saturated carbocycles. The highest BCUT2D eigenvalue weighted by Gasteiger charge is 2.38. The summed E-state index contributed by atoms with van der Waals surface area (Å²) in [6, 6.07) is 14.5. The van der Waals surface area contributed by atoms with Gasteiger partial charge in [-0.3, -0.25) is 4.98 Å². The van der Waals surface area contributed by atoms with Crippen LogP contribution in [0.4, 0.5) is 10.1 Å². The average molecular weight is 684 g/mol. The number of aromatic nitrogens is 1. The molecule has 45 heavy (non-hydrogen) atoms. The molecule has 1 fully saturated rings. The maximum absolute atomic E-state index is 13.8. The van der Waals surface area contributed by atoms with Crippen molar-refractivity contribution in [2.24, 2.45) is 5.41 Å². The normalized spacial score (nSPS) is 15.7. The molecule has 0 aliphatic carbocycles. The van der Waals surface area contributed by atoms with E-state index >= 15 is 0 Å². The van der Waals surface area contributed by atoms with Gasteiger partial charge in [-0.15, -0.1) is 0 Å². The van der Waals surface area contributed by atoms with Crippen molar-refractivity contribution in [1.29, 1.82) is 0 Å². The fourth-order valence-corrected chi connectivity index (χ4v) is 6.07. The third kappa shape index (κ3) is 9.29. The maximum Gasteiger partial charge on any atom is 0.340 e. The van der Waals surface area contributed by atoms with Crippen LogP contribution in [0.5, 0.6) is 5.75 Å². The van der Waals surface area contributed by atoms with Gasteiger partial charge in [-0.2, -0.15) is 0 Å². The van der Waals surface area contributed by atoms with Crippen molar-refractivity contribution in [3.63, 3.8) is 0 Å². The molecule has 6 nitrogen and oxygen atoms in total. The van der Waals surface area contributed by atoms with Crippen molar-refractivity contribution in [1.82, 2.24) is 4.98 Å². The van der Waals surface area contributed by atoms with E-state index in [2.05, 4.69) is 46.8 Å². The fourth-order valence-electron chi connectivity index (χ4n) is 5.67. The van der Waals surface area contributed by atoms with Gasteiger partial charge in [0.2, 0.25) is 0 Å². The Balaban J connectivity index is 1.79. The molecule has 3 aromatic rings. The number of halogens is 2. The lowest BCUT2D eigenvalue weighted by molar-refractivity contribution is -0.171. The van der Waals surface area contributed by atoms with Crippen LogP contribution in [-0.4, -0.2) is 42.4 Å². The van der Waals surface area contributed by atoms with Gasteiger partial charge in [0.15, 0.2) is 6.10 Å². The number of hydrogen-bond donors (Lipinski definition) is 0. The highest BCUT2D eigenvalue weighted by atomic mass is 79.9. The quantitative estimate of drug-likeness (QED) is 0.148. The molecule has 0 spiro atoms. The molecule has 4 rings (SSSR count). The van der Waals surface area contributed by atoms with E-state index in [1.807, 2.05) is 53.7 Å². The number of alkyl halides is 1. The number of aryl methyl sites for hydroxylation is 1. The largest absolute Gasteiger partial charge is 0.493 e. The summed E-state index contributed by atoms with van der Waals surface area (Å²) in [5.74, 6) is 0.0933. The number of carbonyl (C=O) groups is 1. The minimum Gasteiger partial charge on any atom is -0.493 e. The van der Waals surface area contributed by atoms with Crippen LogP contribution in [0.15, 0.2) is 48.5 Å². The first-order valence-corrected chi connectivity index (χ1v) is 17.0. The molecule has 0 unspecified atom stereocenters. The molecule has 2 heterocycles. The first-order chi connectivity index (χ1) is 21.2. The van der Waals surface area contributed by atoms with E-state index in [0.29, 0.717) is 18.4 Å². The number of ether oxygens (including phenoxy) is 3. The topological polar surface area (TPSA) is 60.9 Å².